The molecule has 3 heterocycles. The van der Waals surface area contributed by atoms with Crippen LogP contribution in [0, 0.1) is 12.8 Å². The molecule has 5 nitrogen and oxygen atoms in total. The van der Waals surface area contributed by atoms with Crippen molar-refractivity contribution in [3.8, 4) is 0 Å². The minimum Gasteiger partial charge on any atom is -1.00 e. The highest BCUT2D eigenvalue weighted by atomic mass is 127. The van der Waals surface area contributed by atoms with Crippen molar-refractivity contribution in [2.75, 3.05) is 45.1 Å². The van der Waals surface area contributed by atoms with E-state index in [0.29, 0.717) is 5.78 Å². The fourth-order valence-corrected chi connectivity index (χ4v) is 6.98. The molecule has 2 aromatic rings. The first-order valence-corrected chi connectivity index (χ1v) is 16.4. The molecule has 0 bridgehead atoms. The maximum absolute atomic E-state index is 13.4. The second kappa shape index (κ2) is 16.3. The first-order valence-electron chi connectivity index (χ1n) is 15.6. The van der Waals surface area contributed by atoms with Crippen molar-refractivity contribution in [2.45, 2.75) is 91.4 Å². The summed E-state index contributed by atoms with van der Waals surface area (Å²) in [5.41, 5.74) is 3.30. The Morgan fingerprint density at radius 2 is 1.68 bits per heavy atom. The number of rotatable bonds is 14. The Kier molecular flexibility index (Phi) is 13.4. The summed E-state index contributed by atoms with van der Waals surface area (Å²) in [6.07, 6.45) is 13.0. The smallest absolute Gasteiger partial charge is 0.141 e. The number of halogens is 1. The van der Waals surface area contributed by atoms with Crippen molar-refractivity contribution >= 4 is 39.3 Å². The number of carbonyl (C=O) groups is 1. The van der Waals surface area contributed by atoms with E-state index in [1.165, 1.54) is 66.8 Å². The van der Waals surface area contributed by atoms with Gasteiger partial charge in [0, 0.05) is 10.8 Å². The normalized spacial score (nSPS) is 15.9. The zero-order chi connectivity index (χ0) is 27.7. The number of piperazine rings is 1. The largest absolute Gasteiger partial charge is 1.00 e. The highest BCUT2D eigenvalue weighted by Crippen LogP contribution is 2.39. The van der Waals surface area contributed by atoms with Gasteiger partial charge in [-0.15, -0.1) is 11.3 Å². The number of fused-ring (bicyclic) bond motifs is 2. The van der Waals surface area contributed by atoms with Gasteiger partial charge in [0.05, 0.1) is 63.1 Å². The molecular weight excluding hydrogens is 627 g/mol. The summed E-state index contributed by atoms with van der Waals surface area (Å²) in [7, 11) is 2.36. The molecule has 1 aromatic carbocycles. The molecule has 2 aliphatic rings. The number of nitrogens with zero attached hydrogens (tertiary/aromatic N) is 3. The Bertz CT molecular complexity index is 1090. The van der Waals surface area contributed by atoms with Crippen molar-refractivity contribution in [2.24, 2.45) is 10.9 Å². The number of aryl methyl sites for hydroxylation is 1. The average molecular weight is 679 g/mol. The highest BCUT2D eigenvalue weighted by molar-refractivity contribution is 7.16. The number of amidine groups is 1. The van der Waals surface area contributed by atoms with E-state index in [1.54, 1.807) is 11.3 Å². The number of aliphatic imine (C=N–C) groups is 1. The fraction of sp³-hybridized carbons (Fsp3) is 0.636. The molecule has 0 amide bonds. The van der Waals surface area contributed by atoms with Crippen molar-refractivity contribution < 1.29 is 33.3 Å². The van der Waals surface area contributed by atoms with Crippen molar-refractivity contribution in [1.82, 2.24) is 4.90 Å². The molecule has 1 aromatic heterocycles. The molecule has 1 N–H and O–H groups in total. The van der Waals surface area contributed by atoms with Crippen LogP contribution in [0.25, 0.3) is 0 Å². The van der Waals surface area contributed by atoms with Gasteiger partial charge in [-0.25, -0.2) is 4.99 Å². The number of hydrogen-bond acceptors (Lipinski definition) is 5. The second-order valence-corrected chi connectivity index (χ2v) is 13.3. The first-order chi connectivity index (χ1) is 18.9. The van der Waals surface area contributed by atoms with Crippen LogP contribution in [0.3, 0.4) is 0 Å². The van der Waals surface area contributed by atoms with Crippen LogP contribution in [0.2, 0.25) is 0 Å². The van der Waals surface area contributed by atoms with Gasteiger partial charge in [0.1, 0.15) is 16.6 Å². The Morgan fingerprint density at radius 1 is 1.02 bits per heavy atom. The highest BCUT2D eigenvalue weighted by Gasteiger charge is 2.33. The van der Waals surface area contributed by atoms with Crippen LogP contribution in [-0.2, 0) is 4.79 Å². The number of likely N-dealkylation sites (N-methyl/N-ethyl adjacent to an activating group) is 1. The minimum atomic E-state index is 0. The Hall–Kier alpha value is -1.45. The standard InChI is InChI=1S/C33H51N4OS.HI/c1-5-7-9-11-15-27(16-12-10-8-6-2)31(38)19-22-37(4)23-20-36(21-24-37)32-28-25-26(3)39-33(28)35-30-18-14-13-17-29(30)34-32;/h13-14,17-18,25,27,35H,5-12,15-16,19-24H2,1-4H3;1H/q+1;/p-1. The third kappa shape index (κ3) is 9.02. The van der Waals surface area contributed by atoms with Crippen LogP contribution in [0.1, 0.15) is 94.9 Å². The number of anilines is 2. The van der Waals surface area contributed by atoms with E-state index in [9.17, 15) is 4.79 Å². The number of para-hydroxylation sites is 2. The quantitative estimate of drug-likeness (QED) is 0.164. The van der Waals surface area contributed by atoms with Gasteiger partial charge in [-0.2, -0.15) is 0 Å². The number of Topliss-reactive ketones (excluding diaryl/α,β-unsaturated/α-hetero) is 1. The molecule has 40 heavy (non-hydrogen) atoms. The van der Waals surface area contributed by atoms with Crippen LogP contribution in [0.15, 0.2) is 35.3 Å². The Morgan fingerprint density at radius 3 is 2.33 bits per heavy atom. The molecule has 2 aliphatic heterocycles. The number of thiophene rings is 1. The molecule has 1 fully saturated rings. The lowest BCUT2D eigenvalue weighted by Gasteiger charge is -2.43. The maximum Gasteiger partial charge on any atom is 0.141 e. The van der Waals surface area contributed by atoms with Gasteiger partial charge in [-0.1, -0.05) is 77.3 Å². The number of ketones is 1. The molecular formula is C33H51IN4OS. The molecule has 0 unspecified atom stereocenters. The molecule has 222 valence electrons. The van der Waals surface area contributed by atoms with Gasteiger partial charge in [-0.05, 0) is 38.0 Å². The predicted octanol–water partition coefficient (Wildman–Crippen LogP) is 5.47. The van der Waals surface area contributed by atoms with Crippen molar-refractivity contribution in [3.63, 3.8) is 0 Å². The number of carbonyl (C=O) groups excluding carboxylic acids is 1. The summed E-state index contributed by atoms with van der Waals surface area (Å²) in [5.74, 6) is 1.90. The third-order valence-corrected chi connectivity index (χ3v) is 9.73. The summed E-state index contributed by atoms with van der Waals surface area (Å²) >= 11 is 1.80. The zero-order valence-corrected chi connectivity index (χ0v) is 28.3. The summed E-state index contributed by atoms with van der Waals surface area (Å²) in [5, 5.41) is 4.82. The van der Waals surface area contributed by atoms with E-state index in [0.717, 1.165) is 73.7 Å². The van der Waals surface area contributed by atoms with Crippen LogP contribution in [-0.4, -0.2) is 60.8 Å². The Balaban J connectivity index is 0.00000441. The molecule has 0 radical (unpaired) electrons. The lowest BCUT2D eigenvalue weighted by atomic mass is 9.89. The van der Waals surface area contributed by atoms with Crippen molar-refractivity contribution in [1.29, 1.82) is 0 Å². The van der Waals surface area contributed by atoms with E-state index in [2.05, 4.69) is 68.4 Å². The number of hydrogen-bond donors (Lipinski definition) is 1. The molecule has 1 saturated heterocycles. The summed E-state index contributed by atoms with van der Waals surface area (Å²) < 4.78 is 0.984. The number of unbranched alkanes of at least 4 members (excludes halogenated alkanes) is 6. The van der Waals surface area contributed by atoms with E-state index in [4.69, 9.17) is 4.99 Å². The van der Waals surface area contributed by atoms with Gasteiger partial charge < -0.3 is 38.7 Å². The topological polar surface area (TPSA) is 44.7 Å². The molecule has 7 heteroatoms. The predicted molar refractivity (Wildman–Crippen MR) is 168 cm³/mol. The van der Waals surface area contributed by atoms with Gasteiger partial charge in [-0.3, -0.25) is 4.79 Å². The van der Waals surface area contributed by atoms with Crippen LogP contribution >= 0.6 is 11.3 Å². The minimum absolute atomic E-state index is 0. The molecule has 0 spiro atoms. The van der Waals surface area contributed by atoms with Gasteiger partial charge in [0.2, 0.25) is 0 Å². The summed E-state index contributed by atoms with van der Waals surface area (Å²) in [6, 6.07) is 10.6. The molecule has 0 aliphatic carbocycles. The number of nitrogens with one attached hydrogen (secondary N) is 1. The summed E-state index contributed by atoms with van der Waals surface area (Å²) in [4.78, 5) is 22.4. The number of quaternary nitrogens is 1. The van der Waals surface area contributed by atoms with Gasteiger partial charge in [0.15, 0.2) is 0 Å². The van der Waals surface area contributed by atoms with Gasteiger partial charge in [0.25, 0.3) is 0 Å². The van der Waals surface area contributed by atoms with Crippen molar-refractivity contribution in [3.05, 3.63) is 40.8 Å². The number of benzene rings is 1. The third-order valence-electron chi connectivity index (χ3n) is 8.76. The fourth-order valence-electron chi connectivity index (χ4n) is 6.06. The Labute approximate surface area is 264 Å². The molecule has 0 saturated carbocycles. The van der Waals surface area contributed by atoms with Crippen LogP contribution in [0.5, 0.6) is 0 Å². The maximum atomic E-state index is 13.4. The first kappa shape index (κ1) is 33.1. The molecule has 4 rings (SSSR count). The SMILES string of the molecule is CCCCCCC(CCCCCC)C(=O)CC[N+]1(C)CCN(C2=Nc3ccccc3Nc3sc(C)cc32)CC1.[I-]. The van der Waals surface area contributed by atoms with Crippen LogP contribution < -0.4 is 29.3 Å². The second-order valence-electron chi connectivity index (χ2n) is 12.1. The monoisotopic (exact) mass is 678 g/mol. The van der Waals surface area contributed by atoms with E-state index in [1.807, 2.05) is 0 Å². The van der Waals surface area contributed by atoms with Crippen LogP contribution in [0.4, 0.5) is 16.4 Å². The molecule has 0 atom stereocenters. The summed E-state index contributed by atoms with van der Waals surface area (Å²) in [6.45, 7) is 11.7. The lowest BCUT2D eigenvalue weighted by Crippen LogP contribution is -3.00. The average Bonchev–Trinajstić information content (AvgIpc) is 3.23. The lowest BCUT2D eigenvalue weighted by molar-refractivity contribution is -0.912. The van der Waals surface area contributed by atoms with E-state index < -0.39 is 0 Å². The van der Waals surface area contributed by atoms with E-state index >= 15 is 0 Å². The van der Waals surface area contributed by atoms with Gasteiger partial charge >= 0.3 is 0 Å². The van der Waals surface area contributed by atoms with E-state index in [-0.39, 0.29) is 29.9 Å². The zero-order valence-electron chi connectivity index (χ0n) is 25.3.